The van der Waals surface area contributed by atoms with E-state index in [9.17, 15) is 14.7 Å². The summed E-state index contributed by atoms with van der Waals surface area (Å²) in [5, 5.41) is 13.7. The van der Waals surface area contributed by atoms with Gasteiger partial charge in [0.25, 0.3) is 5.56 Å². The molecule has 0 fully saturated rings. The average Bonchev–Trinajstić information content (AvgIpc) is 2.69. The Labute approximate surface area is 150 Å². The number of hydrogen-bond acceptors (Lipinski definition) is 5. The molecule has 3 aromatic rings. The predicted molar refractivity (Wildman–Crippen MR) is 96.7 cm³/mol. The number of nitrogens with zero attached hydrogens (tertiary/aromatic N) is 2. The highest BCUT2D eigenvalue weighted by Gasteiger charge is 2.08. The van der Waals surface area contributed by atoms with Gasteiger partial charge >= 0.3 is 5.97 Å². The highest BCUT2D eigenvalue weighted by molar-refractivity contribution is 5.89. The monoisotopic (exact) mass is 350 g/mol. The van der Waals surface area contributed by atoms with Crippen LogP contribution in [-0.4, -0.2) is 28.0 Å². The van der Waals surface area contributed by atoms with E-state index in [1.54, 1.807) is 24.3 Å². The zero-order chi connectivity index (χ0) is 18.5. The maximum absolute atomic E-state index is 12.2. The maximum Gasteiger partial charge on any atom is 0.337 e. The molecule has 0 spiro atoms. The van der Waals surface area contributed by atoms with Crippen molar-refractivity contribution in [2.45, 2.75) is 13.2 Å². The van der Waals surface area contributed by atoms with E-state index in [1.165, 1.54) is 17.9 Å². The summed E-state index contributed by atoms with van der Waals surface area (Å²) in [7, 11) is 1.32. The second-order valence-corrected chi connectivity index (χ2v) is 5.76. The predicted octanol–water partition coefficient (Wildman–Crippen LogP) is 2.24. The van der Waals surface area contributed by atoms with Crippen molar-refractivity contribution in [3.63, 3.8) is 0 Å². The highest BCUT2D eigenvalue weighted by Crippen LogP contribution is 2.17. The largest absolute Gasteiger partial charge is 0.465 e. The molecular formula is C20H18N2O4. The molecule has 3 rings (SSSR count). The van der Waals surface area contributed by atoms with Crippen molar-refractivity contribution in [1.82, 2.24) is 9.78 Å². The molecule has 0 saturated heterocycles. The van der Waals surface area contributed by atoms with Crippen molar-refractivity contribution < 1.29 is 14.6 Å². The summed E-state index contributed by atoms with van der Waals surface area (Å²) in [6.07, 6.45) is 0. The smallest absolute Gasteiger partial charge is 0.337 e. The molecule has 0 aliphatic rings. The molecular weight excluding hydrogens is 332 g/mol. The number of methoxy groups -OCH3 is 1. The minimum Gasteiger partial charge on any atom is -0.465 e. The highest BCUT2D eigenvalue weighted by atomic mass is 16.5. The SMILES string of the molecule is COC(=O)c1cccc(Cn2nc(-c3cccc(CO)c3)ccc2=O)c1. The van der Waals surface area contributed by atoms with Crippen LogP contribution in [0.4, 0.5) is 0 Å². The van der Waals surface area contributed by atoms with Gasteiger partial charge < -0.3 is 9.84 Å². The molecule has 1 heterocycles. The second kappa shape index (κ2) is 7.76. The number of rotatable bonds is 5. The molecule has 132 valence electrons. The number of aliphatic hydroxyl groups excluding tert-OH is 1. The standard InChI is InChI=1S/C20H18N2O4/c1-26-20(25)17-7-2-4-14(10-17)12-22-19(24)9-8-18(21-22)16-6-3-5-15(11-16)13-23/h2-11,23H,12-13H2,1H3. The number of benzene rings is 2. The van der Waals surface area contributed by atoms with E-state index in [4.69, 9.17) is 4.74 Å². The average molecular weight is 350 g/mol. The Morgan fingerprint density at radius 3 is 2.62 bits per heavy atom. The van der Waals surface area contributed by atoms with Crippen LogP contribution in [0.5, 0.6) is 0 Å². The Balaban J connectivity index is 1.93. The van der Waals surface area contributed by atoms with Crippen LogP contribution in [0, 0.1) is 0 Å². The molecule has 0 unspecified atom stereocenters. The third-order valence-electron chi connectivity index (χ3n) is 3.95. The van der Waals surface area contributed by atoms with Gasteiger partial charge in [-0.2, -0.15) is 5.10 Å². The van der Waals surface area contributed by atoms with E-state index in [1.807, 2.05) is 30.3 Å². The number of aromatic nitrogens is 2. The van der Waals surface area contributed by atoms with Gasteiger partial charge in [-0.25, -0.2) is 9.48 Å². The van der Waals surface area contributed by atoms with Gasteiger partial charge in [0, 0.05) is 11.6 Å². The van der Waals surface area contributed by atoms with Crippen LogP contribution in [-0.2, 0) is 17.9 Å². The molecule has 0 bridgehead atoms. The van der Waals surface area contributed by atoms with Crippen LogP contribution in [0.25, 0.3) is 11.3 Å². The first-order chi connectivity index (χ1) is 12.6. The summed E-state index contributed by atoms with van der Waals surface area (Å²) in [6.45, 7) is 0.172. The molecule has 0 aliphatic carbocycles. The summed E-state index contributed by atoms with van der Waals surface area (Å²) < 4.78 is 6.07. The zero-order valence-corrected chi connectivity index (χ0v) is 14.3. The first kappa shape index (κ1) is 17.6. The van der Waals surface area contributed by atoms with Crippen LogP contribution in [0.3, 0.4) is 0 Å². The molecule has 0 amide bonds. The van der Waals surface area contributed by atoms with E-state index >= 15 is 0 Å². The van der Waals surface area contributed by atoms with Crippen molar-refractivity contribution in [2.24, 2.45) is 0 Å². The van der Waals surface area contributed by atoms with Crippen LogP contribution in [0.2, 0.25) is 0 Å². The lowest BCUT2D eigenvalue weighted by Crippen LogP contribution is -2.23. The summed E-state index contributed by atoms with van der Waals surface area (Å²) >= 11 is 0. The molecule has 1 N–H and O–H groups in total. The first-order valence-electron chi connectivity index (χ1n) is 8.06. The van der Waals surface area contributed by atoms with Crippen LogP contribution < -0.4 is 5.56 Å². The topological polar surface area (TPSA) is 81.4 Å². The van der Waals surface area contributed by atoms with Gasteiger partial charge in [-0.3, -0.25) is 4.79 Å². The number of carbonyl (C=O) groups is 1. The lowest BCUT2D eigenvalue weighted by molar-refractivity contribution is 0.0600. The number of aliphatic hydroxyl groups is 1. The Hall–Kier alpha value is -3.25. The van der Waals surface area contributed by atoms with Crippen molar-refractivity contribution in [2.75, 3.05) is 7.11 Å². The van der Waals surface area contributed by atoms with E-state index in [0.717, 1.165) is 16.7 Å². The van der Waals surface area contributed by atoms with Crippen molar-refractivity contribution in [3.05, 3.63) is 87.7 Å². The third kappa shape index (κ3) is 3.87. The van der Waals surface area contributed by atoms with Gasteiger partial charge in [0.15, 0.2) is 0 Å². The Morgan fingerprint density at radius 2 is 1.85 bits per heavy atom. The minimum absolute atomic E-state index is 0.0617. The fourth-order valence-electron chi connectivity index (χ4n) is 2.63. The van der Waals surface area contributed by atoms with Gasteiger partial charge in [-0.15, -0.1) is 0 Å². The fraction of sp³-hybridized carbons (Fsp3) is 0.150. The third-order valence-corrected chi connectivity index (χ3v) is 3.95. The fourth-order valence-corrected chi connectivity index (χ4v) is 2.63. The van der Waals surface area contributed by atoms with E-state index < -0.39 is 5.97 Å². The Bertz CT molecular complexity index is 995. The van der Waals surface area contributed by atoms with Crippen LogP contribution in [0.1, 0.15) is 21.5 Å². The van der Waals surface area contributed by atoms with E-state index in [0.29, 0.717) is 11.3 Å². The summed E-state index contributed by atoms with van der Waals surface area (Å²) in [4.78, 5) is 23.8. The van der Waals surface area contributed by atoms with E-state index in [-0.39, 0.29) is 18.7 Å². The number of hydrogen-bond donors (Lipinski definition) is 1. The minimum atomic E-state index is -0.429. The molecule has 0 saturated carbocycles. The van der Waals surface area contributed by atoms with Gasteiger partial charge in [0.2, 0.25) is 0 Å². The molecule has 1 aromatic heterocycles. The molecule has 6 nitrogen and oxygen atoms in total. The van der Waals surface area contributed by atoms with Crippen molar-refractivity contribution in [3.8, 4) is 11.3 Å². The first-order valence-corrected chi connectivity index (χ1v) is 8.06. The zero-order valence-electron chi connectivity index (χ0n) is 14.3. The molecule has 26 heavy (non-hydrogen) atoms. The lowest BCUT2D eigenvalue weighted by Gasteiger charge is -2.09. The number of esters is 1. The summed E-state index contributed by atoms with van der Waals surface area (Å²) in [5.41, 5.74) is 3.16. The van der Waals surface area contributed by atoms with Gasteiger partial charge in [0.1, 0.15) is 0 Å². The molecule has 2 aromatic carbocycles. The Kier molecular flexibility index (Phi) is 5.24. The van der Waals surface area contributed by atoms with Gasteiger partial charge in [0.05, 0.1) is 31.5 Å². The number of carbonyl (C=O) groups excluding carboxylic acids is 1. The Morgan fingerprint density at radius 1 is 1.08 bits per heavy atom. The van der Waals surface area contributed by atoms with Crippen molar-refractivity contribution >= 4 is 5.97 Å². The van der Waals surface area contributed by atoms with Crippen LogP contribution >= 0.6 is 0 Å². The summed E-state index contributed by atoms with van der Waals surface area (Å²) in [5.74, 6) is -0.429. The lowest BCUT2D eigenvalue weighted by atomic mass is 10.1. The van der Waals surface area contributed by atoms with Gasteiger partial charge in [-0.1, -0.05) is 30.3 Å². The normalized spacial score (nSPS) is 10.5. The quantitative estimate of drug-likeness (QED) is 0.714. The molecule has 0 atom stereocenters. The van der Waals surface area contributed by atoms with Gasteiger partial charge in [-0.05, 0) is 35.4 Å². The molecule has 0 aliphatic heterocycles. The van der Waals surface area contributed by atoms with Crippen LogP contribution in [0.15, 0.2) is 65.5 Å². The molecule has 0 radical (unpaired) electrons. The van der Waals surface area contributed by atoms with Crippen molar-refractivity contribution in [1.29, 1.82) is 0 Å². The molecule has 6 heteroatoms. The second-order valence-electron chi connectivity index (χ2n) is 5.76. The maximum atomic E-state index is 12.2. The summed E-state index contributed by atoms with van der Waals surface area (Å²) in [6, 6.07) is 17.3. The number of ether oxygens (including phenoxy) is 1. The van der Waals surface area contributed by atoms with E-state index in [2.05, 4.69) is 5.10 Å².